The van der Waals surface area contributed by atoms with E-state index in [0.717, 1.165) is 5.69 Å². The Morgan fingerprint density at radius 3 is 2.94 bits per heavy atom. The summed E-state index contributed by atoms with van der Waals surface area (Å²) in [5, 5.41) is 6.87. The Morgan fingerprint density at radius 2 is 2.41 bits per heavy atom. The van der Waals surface area contributed by atoms with Gasteiger partial charge in [-0.05, 0) is 19.4 Å². The van der Waals surface area contributed by atoms with Crippen molar-refractivity contribution in [2.45, 2.75) is 19.4 Å². The molecule has 0 saturated carbocycles. The second kappa shape index (κ2) is 6.36. The van der Waals surface area contributed by atoms with Crippen molar-refractivity contribution in [3.63, 3.8) is 0 Å². The molecule has 0 aliphatic rings. The highest BCUT2D eigenvalue weighted by Crippen LogP contribution is 2.00. The molecule has 0 spiro atoms. The van der Waals surface area contributed by atoms with Crippen LogP contribution >= 0.6 is 0 Å². The number of carbonyl (C=O) groups is 1. The fraction of sp³-hybridized carbons (Fsp3) is 0.636. The first-order valence-corrected chi connectivity index (χ1v) is 5.58. The Balaban J connectivity index is 2.35. The van der Waals surface area contributed by atoms with E-state index in [1.807, 2.05) is 6.92 Å². The van der Waals surface area contributed by atoms with Crippen LogP contribution in [0.15, 0.2) is 6.07 Å². The lowest BCUT2D eigenvalue weighted by Crippen LogP contribution is -2.33. The van der Waals surface area contributed by atoms with Crippen LogP contribution in [-0.4, -0.2) is 42.0 Å². The van der Waals surface area contributed by atoms with Crippen molar-refractivity contribution >= 4 is 5.91 Å². The lowest BCUT2D eigenvalue weighted by molar-refractivity contribution is 0.0944. The van der Waals surface area contributed by atoms with E-state index in [4.69, 9.17) is 10.5 Å². The van der Waals surface area contributed by atoms with Gasteiger partial charge < -0.3 is 15.8 Å². The first kappa shape index (κ1) is 13.7. The summed E-state index contributed by atoms with van der Waals surface area (Å²) in [6.07, 6.45) is 0.686. The van der Waals surface area contributed by atoms with Gasteiger partial charge in [0.1, 0.15) is 5.69 Å². The number of carbonyl (C=O) groups excluding carboxylic acids is 1. The summed E-state index contributed by atoms with van der Waals surface area (Å²) < 4.78 is 6.58. The van der Waals surface area contributed by atoms with Gasteiger partial charge in [0.25, 0.3) is 5.91 Å². The zero-order valence-electron chi connectivity index (χ0n) is 10.6. The molecule has 0 radical (unpaired) electrons. The molecule has 1 aromatic heterocycles. The van der Waals surface area contributed by atoms with E-state index in [2.05, 4.69) is 10.4 Å². The number of amides is 1. The van der Waals surface area contributed by atoms with Crippen LogP contribution in [0.2, 0.25) is 0 Å². The fourth-order valence-electron chi connectivity index (χ4n) is 1.43. The molecule has 1 heterocycles. The van der Waals surface area contributed by atoms with E-state index in [1.54, 1.807) is 24.9 Å². The SMILES string of the molecule is COCC(N)CCNC(=O)c1cc(C)n(C)n1. The lowest BCUT2D eigenvalue weighted by Gasteiger charge is -2.10. The minimum atomic E-state index is -0.168. The molecular weight excluding hydrogens is 220 g/mol. The van der Waals surface area contributed by atoms with Crippen LogP contribution in [0.3, 0.4) is 0 Å². The molecule has 0 aliphatic carbocycles. The minimum Gasteiger partial charge on any atom is -0.383 e. The van der Waals surface area contributed by atoms with Gasteiger partial charge in [-0.1, -0.05) is 0 Å². The molecule has 96 valence electrons. The molecule has 1 rings (SSSR count). The number of hydrogen-bond donors (Lipinski definition) is 2. The Labute approximate surface area is 101 Å². The summed E-state index contributed by atoms with van der Waals surface area (Å²) in [6, 6.07) is 1.70. The van der Waals surface area contributed by atoms with Gasteiger partial charge in [-0.15, -0.1) is 0 Å². The number of rotatable bonds is 6. The second-order valence-electron chi connectivity index (χ2n) is 4.05. The molecule has 1 atom stereocenters. The molecule has 0 saturated heterocycles. The third-order valence-electron chi connectivity index (χ3n) is 2.53. The molecule has 0 aliphatic heterocycles. The van der Waals surface area contributed by atoms with Crippen molar-refractivity contribution in [1.29, 1.82) is 0 Å². The van der Waals surface area contributed by atoms with E-state index in [0.29, 0.717) is 25.3 Å². The lowest BCUT2D eigenvalue weighted by atomic mass is 10.2. The molecule has 6 heteroatoms. The maximum Gasteiger partial charge on any atom is 0.271 e. The molecule has 0 fully saturated rings. The molecule has 3 N–H and O–H groups in total. The number of hydrogen-bond acceptors (Lipinski definition) is 4. The van der Waals surface area contributed by atoms with Gasteiger partial charge in [0, 0.05) is 32.4 Å². The largest absolute Gasteiger partial charge is 0.383 e. The van der Waals surface area contributed by atoms with Crippen LogP contribution < -0.4 is 11.1 Å². The van der Waals surface area contributed by atoms with Crippen LogP contribution in [0.1, 0.15) is 22.6 Å². The summed E-state index contributed by atoms with van der Waals surface area (Å²) in [5.41, 5.74) is 7.13. The molecule has 6 nitrogen and oxygen atoms in total. The fourth-order valence-corrected chi connectivity index (χ4v) is 1.43. The van der Waals surface area contributed by atoms with E-state index in [1.165, 1.54) is 0 Å². The predicted molar refractivity (Wildman–Crippen MR) is 64.7 cm³/mol. The van der Waals surface area contributed by atoms with Crippen LogP contribution in [0.4, 0.5) is 0 Å². The van der Waals surface area contributed by atoms with Gasteiger partial charge in [-0.2, -0.15) is 5.10 Å². The zero-order valence-corrected chi connectivity index (χ0v) is 10.6. The van der Waals surface area contributed by atoms with Crippen molar-refractivity contribution in [1.82, 2.24) is 15.1 Å². The van der Waals surface area contributed by atoms with Crippen molar-refractivity contribution in [2.24, 2.45) is 12.8 Å². The first-order valence-electron chi connectivity index (χ1n) is 5.58. The molecule has 0 aromatic carbocycles. The summed E-state index contributed by atoms with van der Waals surface area (Å²) in [6.45, 7) is 2.93. The number of nitrogens with two attached hydrogens (primary N) is 1. The second-order valence-corrected chi connectivity index (χ2v) is 4.05. The van der Waals surface area contributed by atoms with Crippen molar-refractivity contribution in [3.8, 4) is 0 Å². The molecule has 1 aromatic rings. The normalized spacial score (nSPS) is 12.5. The number of nitrogens with one attached hydrogen (secondary N) is 1. The highest BCUT2D eigenvalue weighted by atomic mass is 16.5. The van der Waals surface area contributed by atoms with Crippen LogP contribution in [0, 0.1) is 6.92 Å². The maximum absolute atomic E-state index is 11.7. The minimum absolute atomic E-state index is 0.0502. The molecule has 0 bridgehead atoms. The monoisotopic (exact) mass is 240 g/mol. The molecule has 1 unspecified atom stereocenters. The van der Waals surface area contributed by atoms with Crippen LogP contribution in [0.5, 0.6) is 0 Å². The van der Waals surface area contributed by atoms with E-state index in [9.17, 15) is 4.79 Å². The number of nitrogens with zero attached hydrogens (tertiary/aromatic N) is 2. The standard InChI is InChI=1S/C11H20N4O2/c1-8-6-10(14-15(8)2)11(16)13-5-4-9(12)7-17-3/h6,9H,4-5,7,12H2,1-3H3,(H,13,16). The van der Waals surface area contributed by atoms with Gasteiger partial charge in [-0.25, -0.2) is 0 Å². The number of aryl methyl sites for hydroxylation is 2. The van der Waals surface area contributed by atoms with E-state index < -0.39 is 0 Å². The average Bonchev–Trinajstić information content (AvgIpc) is 2.59. The zero-order chi connectivity index (χ0) is 12.8. The average molecular weight is 240 g/mol. The maximum atomic E-state index is 11.7. The Morgan fingerprint density at radius 1 is 1.71 bits per heavy atom. The topological polar surface area (TPSA) is 82.2 Å². The predicted octanol–water partition coefficient (Wildman–Crippen LogP) is -0.178. The Kier molecular flexibility index (Phi) is 5.11. The summed E-state index contributed by atoms with van der Waals surface area (Å²) in [4.78, 5) is 11.7. The van der Waals surface area contributed by atoms with Crippen LogP contribution in [0.25, 0.3) is 0 Å². The summed E-state index contributed by atoms with van der Waals surface area (Å²) >= 11 is 0. The van der Waals surface area contributed by atoms with Gasteiger partial charge in [0.2, 0.25) is 0 Å². The van der Waals surface area contributed by atoms with Gasteiger partial charge in [0.15, 0.2) is 0 Å². The third kappa shape index (κ3) is 4.16. The number of aromatic nitrogens is 2. The van der Waals surface area contributed by atoms with Crippen molar-refractivity contribution in [2.75, 3.05) is 20.3 Å². The molecule has 1 amide bonds. The third-order valence-corrected chi connectivity index (χ3v) is 2.53. The Bertz CT molecular complexity index is 356. The van der Waals surface area contributed by atoms with Gasteiger partial charge >= 0.3 is 0 Å². The van der Waals surface area contributed by atoms with E-state index in [-0.39, 0.29) is 11.9 Å². The summed E-state index contributed by atoms with van der Waals surface area (Å²) in [5.74, 6) is -0.168. The molecular formula is C11H20N4O2. The Hall–Kier alpha value is -1.40. The van der Waals surface area contributed by atoms with Crippen LogP contribution in [-0.2, 0) is 11.8 Å². The summed E-state index contributed by atoms with van der Waals surface area (Å²) in [7, 11) is 3.41. The van der Waals surface area contributed by atoms with Gasteiger partial charge in [0.05, 0.1) is 6.61 Å². The van der Waals surface area contributed by atoms with E-state index >= 15 is 0 Å². The molecule has 17 heavy (non-hydrogen) atoms. The first-order chi connectivity index (χ1) is 8.04. The van der Waals surface area contributed by atoms with Crippen molar-refractivity contribution < 1.29 is 9.53 Å². The van der Waals surface area contributed by atoms with Gasteiger partial charge in [-0.3, -0.25) is 9.48 Å². The highest BCUT2D eigenvalue weighted by molar-refractivity contribution is 5.92. The highest BCUT2D eigenvalue weighted by Gasteiger charge is 2.10. The number of ether oxygens (including phenoxy) is 1. The quantitative estimate of drug-likeness (QED) is 0.723. The van der Waals surface area contributed by atoms with Crippen molar-refractivity contribution in [3.05, 3.63) is 17.5 Å². The smallest absolute Gasteiger partial charge is 0.271 e. The number of methoxy groups -OCH3 is 1.